The zero-order valence-electron chi connectivity index (χ0n) is 38.1. The summed E-state index contributed by atoms with van der Waals surface area (Å²) in [6, 6.07) is 50.5. The summed E-state index contributed by atoms with van der Waals surface area (Å²) in [5, 5.41) is 15.4. The van der Waals surface area contributed by atoms with E-state index in [0.29, 0.717) is 0 Å². The van der Waals surface area contributed by atoms with Crippen molar-refractivity contribution in [2.75, 3.05) is 0 Å². The Morgan fingerprint density at radius 1 is 0.375 bits per heavy atom. The third kappa shape index (κ3) is 9.25. The van der Waals surface area contributed by atoms with Gasteiger partial charge in [-0.2, -0.15) is 0 Å². The van der Waals surface area contributed by atoms with E-state index < -0.39 is 11.9 Å². The fourth-order valence-electron chi connectivity index (χ4n) is 9.43. The number of rotatable bonds is 9. The second-order valence-electron chi connectivity index (χ2n) is 17.0. The Hall–Kier alpha value is -6.12. The second-order valence-corrected chi connectivity index (χ2v) is 17.6. The number of aryl methyl sites for hydroxylation is 9. The maximum atomic E-state index is 6.10. The first-order chi connectivity index (χ1) is 30.3. The van der Waals surface area contributed by atoms with Gasteiger partial charge >= 0.3 is 17.1 Å². The smallest absolute Gasteiger partial charge is 0.772 e. The van der Waals surface area contributed by atoms with Gasteiger partial charge in [-0.05, 0) is 132 Å². The molecule has 6 aromatic carbocycles. The fourth-order valence-corrected chi connectivity index (χ4v) is 9.84. The van der Waals surface area contributed by atoms with Crippen LogP contribution in [-0.2, 0) is 34.4 Å². The summed E-state index contributed by atoms with van der Waals surface area (Å²) < 4.78 is 5.35. The predicted molar refractivity (Wildman–Crippen MR) is 264 cm³/mol. The van der Waals surface area contributed by atoms with Crippen molar-refractivity contribution in [2.24, 2.45) is 0 Å². The van der Waals surface area contributed by atoms with Crippen LogP contribution in [0.2, 0.25) is 0 Å². The van der Waals surface area contributed by atoms with E-state index in [-0.39, 0.29) is 17.1 Å². The van der Waals surface area contributed by atoms with Gasteiger partial charge < -0.3 is 26.4 Å². The molecule has 9 heteroatoms. The summed E-state index contributed by atoms with van der Waals surface area (Å²) >= 11 is 6.10. The van der Waals surface area contributed by atoms with Crippen molar-refractivity contribution in [3.63, 3.8) is 0 Å². The topological polar surface area (TPSA) is 53.5 Å². The summed E-state index contributed by atoms with van der Waals surface area (Å²) in [5.74, 6) is 0. The number of nitrogens with zero attached hydrogens (tertiary/aromatic N) is 6. The molecule has 9 rings (SSSR count). The van der Waals surface area contributed by atoms with Crippen molar-refractivity contribution in [1.82, 2.24) is 29.1 Å². The number of hydrogen-bond donors (Lipinski definition) is 0. The van der Waals surface area contributed by atoms with Crippen molar-refractivity contribution >= 4 is 19.7 Å². The Morgan fingerprint density at radius 2 is 0.609 bits per heavy atom. The molecule has 0 fully saturated rings. The van der Waals surface area contributed by atoms with Gasteiger partial charge in [0.25, 0.3) is 7.12 Å². The minimum atomic E-state index is -0.538. The van der Waals surface area contributed by atoms with Crippen molar-refractivity contribution in [2.45, 2.75) is 67.1 Å². The van der Waals surface area contributed by atoms with Gasteiger partial charge in [0.15, 0.2) is 0 Å². The average Bonchev–Trinajstić information content (AvgIpc) is 4.04. The van der Waals surface area contributed by atoms with E-state index in [2.05, 4.69) is 153 Å². The van der Waals surface area contributed by atoms with Crippen LogP contribution in [0.1, 0.15) is 66.8 Å². The predicted octanol–water partition coefficient (Wildman–Crippen LogP) is 12.5. The molecule has 0 unspecified atom stereocenters. The van der Waals surface area contributed by atoms with Gasteiger partial charge in [-0.25, -0.2) is 15.3 Å². The van der Waals surface area contributed by atoms with Crippen LogP contribution < -0.4 is 0 Å². The molecular formula is C55H54BCuN6S. The van der Waals surface area contributed by atoms with Gasteiger partial charge in [0, 0.05) is 16.7 Å². The van der Waals surface area contributed by atoms with Gasteiger partial charge in [0.1, 0.15) is 0 Å². The minimum Gasteiger partial charge on any atom is -0.772 e. The van der Waals surface area contributed by atoms with Crippen LogP contribution in [0.25, 0.3) is 33.8 Å². The molecule has 324 valence electrons. The van der Waals surface area contributed by atoms with E-state index in [4.69, 9.17) is 27.9 Å². The molecule has 0 atom stereocenters. The van der Waals surface area contributed by atoms with Crippen molar-refractivity contribution in [1.29, 1.82) is 0 Å². The zero-order valence-corrected chi connectivity index (χ0v) is 39.8. The molecule has 0 saturated heterocycles. The van der Waals surface area contributed by atoms with Crippen LogP contribution in [0.5, 0.6) is 0 Å². The van der Waals surface area contributed by atoms with E-state index in [1.54, 1.807) is 0 Å². The van der Waals surface area contributed by atoms with Gasteiger partial charge in [-0.1, -0.05) is 166 Å². The van der Waals surface area contributed by atoms with Crippen LogP contribution in [0.3, 0.4) is 0 Å². The molecule has 64 heavy (non-hydrogen) atoms. The molecule has 0 saturated carbocycles. The maximum Gasteiger partial charge on any atom is 2.00 e. The largest absolute Gasteiger partial charge is 2.00 e. The summed E-state index contributed by atoms with van der Waals surface area (Å²) in [6.45, 7) is 19.4. The molecule has 9 aromatic rings. The number of hydrogen-bond acceptors (Lipinski definition) is 4. The molecule has 0 amide bonds. The van der Waals surface area contributed by atoms with Gasteiger partial charge in [0.2, 0.25) is 0 Å². The minimum absolute atomic E-state index is 0. The van der Waals surface area contributed by atoms with Crippen LogP contribution in [0, 0.1) is 62.3 Å². The Balaban J connectivity index is 0.000000244. The van der Waals surface area contributed by atoms with E-state index >= 15 is 0 Å². The first kappa shape index (κ1) is 45.9. The normalized spacial score (nSPS) is 11.3. The quantitative estimate of drug-likeness (QED) is 0.0823. The maximum absolute atomic E-state index is 6.10. The number of aromatic nitrogens is 6. The van der Waals surface area contributed by atoms with E-state index in [1.165, 1.54) is 66.8 Å². The van der Waals surface area contributed by atoms with Crippen LogP contribution in [-0.4, -0.2) is 36.2 Å². The molecular weight excluding hydrogens is 851 g/mol. The third-order valence-corrected chi connectivity index (χ3v) is 12.6. The summed E-state index contributed by atoms with van der Waals surface area (Å²) in [7, 11) is -0.431. The van der Waals surface area contributed by atoms with E-state index in [1.807, 2.05) is 87.0 Å². The second kappa shape index (κ2) is 19.3. The van der Waals surface area contributed by atoms with Gasteiger partial charge in [0.05, 0.1) is 17.1 Å². The van der Waals surface area contributed by atoms with Crippen LogP contribution in [0.15, 0.2) is 164 Å². The van der Waals surface area contributed by atoms with Crippen molar-refractivity contribution in [3.05, 3.63) is 231 Å². The Labute approximate surface area is 395 Å². The first-order valence-electron chi connectivity index (χ1n) is 21.6. The van der Waals surface area contributed by atoms with Crippen LogP contribution in [0.4, 0.5) is 0 Å². The average molecular weight is 906 g/mol. The molecule has 0 bridgehead atoms. The SMILES string of the molecule is Cc1cc(C)c(-c2ccn([B-](n3ccc(-c4c(C)cc(C)cc4C)n3)n3ccc(-c4c(C)cc(C)cc4C)n3)n2)c(C)c1.[Cu+2].[S-]C(c1ccccc1)(c1ccccc1)c1ccccc1. The molecule has 0 aliphatic carbocycles. The van der Waals surface area contributed by atoms with Crippen molar-refractivity contribution < 1.29 is 17.1 Å². The molecule has 0 spiro atoms. The molecule has 0 N–H and O–H groups in total. The molecule has 3 heterocycles. The molecule has 0 aliphatic rings. The summed E-state index contributed by atoms with van der Waals surface area (Å²) in [6.07, 6.45) is 6.10. The van der Waals surface area contributed by atoms with Crippen molar-refractivity contribution in [3.8, 4) is 33.8 Å². The Kier molecular flexibility index (Phi) is 13.9. The van der Waals surface area contributed by atoms with Gasteiger partial charge in [-0.3, -0.25) is 0 Å². The number of benzene rings is 6. The molecule has 0 aliphatic heterocycles. The van der Waals surface area contributed by atoms with Gasteiger partial charge in [-0.15, -0.1) is 0 Å². The third-order valence-electron chi connectivity index (χ3n) is 11.9. The Bertz CT molecular complexity index is 2630. The standard InChI is InChI=1S/C36H39BN6.C19H16S.Cu/c1-22-16-25(4)34(26(5)17-22)31-10-13-41(38-31)37(42-14-11-32(39-42)35-27(6)18-23(2)19-28(35)7)43-15-12-33(40-43)36-29(8)20-24(3)21-30(36)9;20-19(16-10-4-1-5-11-16,17-12-6-2-7-13-17)18-14-8-3-9-15-18;/h10-21H,1-9H3;1-15,20H;/q-1;;+2/p-1. The van der Waals surface area contributed by atoms with E-state index in [0.717, 1.165) is 33.8 Å². The van der Waals surface area contributed by atoms with E-state index in [9.17, 15) is 0 Å². The first-order valence-corrected chi connectivity index (χ1v) is 22.0. The molecule has 3 aromatic heterocycles. The summed E-state index contributed by atoms with van der Waals surface area (Å²) in [4.78, 5) is 0. The molecule has 2 radical (unpaired) electrons. The Morgan fingerprint density at radius 3 is 0.844 bits per heavy atom. The summed E-state index contributed by atoms with van der Waals surface area (Å²) in [5.41, 5.74) is 20.8. The monoisotopic (exact) mass is 904 g/mol. The fraction of sp³-hybridized carbons (Fsp3) is 0.182. The zero-order chi connectivity index (χ0) is 44.4. The van der Waals surface area contributed by atoms with Crippen LogP contribution >= 0.6 is 0 Å². The molecule has 6 nitrogen and oxygen atoms in total.